The van der Waals surface area contributed by atoms with Crippen LogP contribution in [0.2, 0.25) is 0 Å². The lowest BCUT2D eigenvalue weighted by molar-refractivity contribution is 0.443. The number of rotatable bonds is 7. The van der Waals surface area contributed by atoms with Crippen molar-refractivity contribution in [3.05, 3.63) is 82.9 Å². The van der Waals surface area contributed by atoms with E-state index in [-0.39, 0.29) is 17.0 Å². The van der Waals surface area contributed by atoms with Crippen LogP contribution in [0.4, 0.5) is 11.4 Å². The number of fused-ring (bicyclic) bond motifs is 2. The number of nitrogens with one attached hydrogen (secondary N) is 2. The van der Waals surface area contributed by atoms with Gasteiger partial charge in [-0.25, -0.2) is 4.68 Å². The maximum absolute atomic E-state index is 10.1. The third-order valence-electron chi connectivity index (χ3n) is 7.87. The van der Waals surface area contributed by atoms with Crippen LogP contribution in [0.1, 0.15) is 74.7 Å². The van der Waals surface area contributed by atoms with Gasteiger partial charge in [0.1, 0.15) is 17.8 Å². The summed E-state index contributed by atoms with van der Waals surface area (Å²) in [4.78, 5) is 9.26. The predicted octanol–water partition coefficient (Wildman–Crippen LogP) is 6.59. The monoisotopic (exact) mass is 555 g/mol. The van der Waals surface area contributed by atoms with Crippen LogP contribution in [-0.4, -0.2) is 31.5 Å². The first kappa shape index (κ1) is 27.2. The van der Waals surface area contributed by atoms with Gasteiger partial charge in [-0.2, -0.15) is 10.5 Å². The number of aromatic nitrogens is 5. The van der Waals surface area contributed by atoms with E-state index in [1.54, 1.807) is 0 Å². The third-order valence-corrected chi connectivity index (χ3v) is 7.87. The van der Waals surface area contributed by atoms with Crippen LogP contribution in [0.3, 0.4) is 0 Å². The van der Waals surface area contributed by atoms with Gasteiger partial charge in [0, 0.05) is 34.9 Å². The largest absolute Gasteiger partial charge is 0.383 e. The lowest BCUT2D eigenvalue weighted by atomic mass is 9.96. The topological polar surface area (TPSA) is 128 Å². The Hall–Kier alpha value is -5.02. The highest BCUT2D eigenvalue weighted by Gasteiger charge is 2.41. The zero-order chi connectivity index (χ0) is 29.6. The van der Waals surface area contributed by atoms with Crippen molar-refractivity contribution in [2.24, 2.45) is 5.41 Å². The minimum absolute atomic E-state index is 0.00284. The first-order valence-corrected chi connectivity index (χ1v) is 14.1. The third kappa shape index (κ3) is 5.10. The molecule has 210 valence electrons. The molecule has 1 aliphatic rings. The minimum atomic E-state index is -0.378. The van der Waals surface area contributed by atoms with Crippen molar-refractivity contribution in [3.8, 4) is 12.1 Å². The summed E-state index contributed by atoms with van der Waals surface area (Å²) in [5.74, 6) is 0. The first-order chi connectivity index (χ1) is 20.1. The number of benzene rings is 2. The highest BCUT2D eigenvalue weighted by Crippen LogP contribution is 2.43. The van der Waals surface area contributed by atoms with E-state index in [0.29, 0.717) is 39.9 Å². The van der Waals surface area contributed by atoms with Crippen LogP contribution < -0.4 is 10.6 Å². The van der Waals surface area contributed by atoms with Crippen molar-refractivity contribution in [1.29, 1.82) is 10.5 Å². The van der Waals surface area contributed by atoms with Gasteiger partial charge in [0.15, 0.2) is 0 Å². The van der Waals surface area contributed by atoms with Gasteiger partial charge in [-0.1, -0.05) is 44.2 Å². The standard InChI is InChI=1S/C33H33N9/c1-20-9-10-24-25(7-6-8-27(24)38-20)31(28-18-42(41-40-28)33(5)11-12-33)39-23-13-21(15-34)29-26(14-23)30(22(16-35)17-36-29)37-19-32(2,3)4/h6-10,13-14,17-18,31,39H,11-12,19H2,1-5H3,(H,36,37). The molecule has 1 saturated carbocycles. The molecule has 2 N–H and O–H groups in total. The molecule has 0 bridgehead atoms. The summed E-state index contributed by atoms with van der Waals surface area (Å²) in [7, 11) is 0. The minimum Gasteiger partial charge on any atom is -0.383 e. The number of anilines is 2. The van der Waals surface area contributed by atoms with Crippen LogP contribution in [0.5, 0.6) is 0 Å². The average Bonchev–Trinajstić information content (AvgIpc) is 3.51. The van der Waals surface area contributed by atoms with E-state index in [1.165, 1.54) is 6.20 Å². The van der Waals surface area contributed by atoms with E-state index < -0.39 is 0 Å². The van der Waals surface area contributed by atoms with Gasteiger partial charge >= 0.3 is 0 Å². The van der Waals surface area contributed by atoms with Crippen LogP contribution in [0, 0.1) is 35.0 Å². The molecule has 2 aromatic carbocycles. The van der Waals surface area contributed by atoms with Crippen molar-refractivity contribution in [2.45, 2.75) is 59.0 Å². The van der Waals surface area contributed by atoms with Crippen molar-refractivity contribution in [2.75, 3.05) is 17.2 Å². The van der Waals surface area contributed by atoms with Crippen LogP contribution in [-0.2, 0) is 5.54 Å². The zero-order valence-corrected chi connectivity index (χ0v) is 24.5. The van der Waals surface area contributed by atoms with Crippen LogP contribution in [0.15, 0.2) is 54.9 Å². The van der Waals surface area contributed by atoms with E-state index in [4.69, 9.17) is 4.98 Å². The second kappa shape index (κ2) is 10.1. The van der Waals surface area contributed by atoms with E-state index >= 15 is 0 Å². The Labute approximate surface area is 245 Å². The van der Waals surface area contributed by atoms with Crippen molar-refractivity contribution in [3.63, 3.8) is 0 Å². The highest BCUT2D eigenvalue weighted by atomic mass is 15.5. The SMILES string of the molecule is Cc1ccc2c(C(Nc3cc(C#N)c4ncc(C#N)c(NCC(C)(C)C)c4c3)c3cn(C4(C)CC4)nn3)cccc2n1. The fourth-order valence-corrected chi connectivity index (χ4v) is 5.19. The molecular weight excluding hydrogens is 522 g/mol. The Morgan fingerprint density at radius 3 is 2.55 bits per heavy atom. The van der Waals surface area contributed by atoms with Gasteiger partial charge in [-0.3, -0.25) is 9.97 Å². The lowest BCUT2D eigenvalue weighted by Crippen LogP contribution is -2.20. The molecule has 0 aliphatic heterocycles. The summed E-state index contributed by atoms with van der Waals surface area (Å²) in [5, 5.41) is 38.0. The molecule has 1 fully saturated rings. The van der Waals surface area contributed by atoms with Gasteiger partial charge in [0.25, 0.3) is 0 Å². The Bertz CT molecular complexity index is 1910. The molecular formula is C33H33N9. The maximum Gasteiger partial charge on any atom is 0.110 e. The highest BCUT2D eigenvalue weighted by molar-refractivity contribution is 5.99. The Balaban J connectivity index is 1.51. The van der Waals surface area contributed by atoms with E-state index in [2.05, 4.69) is 77.9 Å². The normalized spacial score (nSPS) is 14.7. The van der Waals surface area contributed by atoms with E-state index in [1.807, 2.05) is 48.1 Å². The van der Waals surface area contributed by atoms with Gasteiger partial charge in [0.05, 0.1) is 45.6 Å². The smallest absolute Gasteiger partial charge is 0.110 e. The van der Waals surface area contributed by atoms with Crippen molar-refractivity contribution in [1.82, 2.24) is 25.0 Å². The van der Waals surface area contributed by atoms with Crippen LogP contribution >= 0.6 is 0 Å². The number of nitrogens with zero attached hydrogens (tertiary/aromatic N) is 7. The fourth-order valence-electron chi connectivity index (χ4n) is 5.19. The molecule has 5 aromatic rings. The summed E-state index contributed by atoms with van der Waals surface area (Å²) in [6.45, 7) is 11.2. The van der Waals surface area contributed by atoms with Gasteiger partial charge in [-0.15, -0.1) is 5.10 Å². The number of pyridine rings is 2. The molecule has 3 aromatic heterocycles. The van der Waals surface area contributed by atoms with Crippen LogP contribution in [0.25, 0.3) is 21.8 Å². The second-order valence-electron chi connectivity index (χ2n) is 12.6. The first-order valence-electron chi connectivity index (χ1n) is 14.1. The second-order valence-corrected chi connectivity index (χ2v) is 12.6. The van der Waals surface area contributed by atoms with Gasteiger partial charge in [-0.05, 0) is 61.9 Å². The molecule has 6 rings (SSSR count). The zero-order valence-electron chi connectivity index (χ0n) is 24.5. The molecule has 9 heteroatoms. The summed E-state index contributed by atoms with van der Waals surface area (Å²) >= 11 is 0. The summed E-state index contributed by atoms with van der Waals surface area (Å²) in [5.41, 5.74) is 6.37. The molecule has 1 unspecified atom stereocenters. The molecule has 0 spiro atoms. The number of hydrogen-bond acceptors (Lipinski definition) is 8. The maximum atomic E-state index is 10.1. The quantitative estimate of drug-likeness (QED) is 0.230. The van der Waals surface area contributed by atoms with Crippen molar-refractivity contribution < 1.29 is 0 Å². The van der Waals surface area contributed by atoms with Gasteiger partial charge in [0.2, 0.25) is 0 Å². The number of hydrogen-bond donors (Lipinski definition) is 2. The molecule has 42 heavy (non-hydrogen) atoms. The molecule has 0 saturated heterocycles. The molecule has 0 radical (unpaired) electrons. The number of nitriles is 2. The Morgan fingerprint density at radius 1 is 1.05 bits per heavy atom. The molecule has 0 amide bonds. The van der Waals surface area contributed by atoms with Crippen molar-refractivity contribution >= 4 is 33.2 Å². The molecule has 9 nitrogen and oxygen atoms in total. The van der Waals surface area contributed by atoms with E-state index in [0.717, 1.165) is 40.7 Å². The fraction of sp³-hybridized carbons (Fsp3) is 0.333. The summed E-state index contributed by atoms with van der Waals surface area (Å²) in [6.07, 6.45) is 5.69. The summed E-state index contributed by atoms with van der Waals surface area (Å²) in [6, 6.07) is 18.2. The molecule has 1 aliphatic carbocycles. The average molecular weight is 556 g/mol. The Kier molecular flexibility index (Phi) is 6.54. The molecule has 3 heterocycles. The molecule has 1 atom stereocenters. The lowest BCUT2D eigenvalue weighted by Gasteiger charge is -2.23. The number of aryl methyl sites for hydroxylation is 1. The predicted molar refractivity (Wildman–Crippen MR) is 164 cm³/mol. The van der Waals surface area contributed by atoms with Gasteiger partial charge < -0.3 is 10.6 Å². The van der Waals surface area contributed by atoms with E-state index in [9.17, 15) is 10.5 Å². The summed E-state index contributed by atoms with van der Waals surface area (Å²) < 4.78 is 1.96. The Morgan fingerprint density at radius 2 is 1.83 bits per heavy atom.